The zero-order valence-electron chi connectivity index (χ0n) is 40.2. The molecule has 9 aromatic carbocycles. The van der Waals surface area contributed by atoms with Gasteiger partial charge in [-0.25, -0.2) is 0 Å². The van der Waals surface area contributed by atoms with Gasteiger partial charge in [0.1, 0.15) is 46.0 Å². The lowest BCUT2D eigenvalue weighted by molar-refractivity contribution is -0.288. The quantitative estimate of drug-likeness (QED) is 0.0770. The van der Waals surface area contributed by atoms with E-state index in [1.807, 2.05) is 13.0 Å². The van der Waals surface area contributed by atoms with Crippen LogP contribution in [-0.2, 0) is 5.41 Å². The number of aryl methyl sites for hydroxylation is 2. The smallest absolute Gasteiger partial charge is 0.411 e. The molecule has 0 aliphatic rings. The standard InChI is InChI=1S/C62H42F6O8/c1-37-3-6-40(7-4-37)57(71)42-13-23-48(24-14-42)74-50-27-17-45(18-28-50)60(61(63,64)65,62(66,67)68)46-19-29-51(30-20-46)75-49-25-15-43(16-26-49)58(72)41-11-9-39(10-12-41)44-8-5-38(2)54(35-44)59(73)55-36-53(33-34-56(55)70)76-52-31-21-47(69)22-32-52/h3-36,69-70H,1-2H3. The molecule has 380 valence electrons. The molecule has 8 nitrogen and oxygen atoms in total. The summed E-state index contributed by atoms with van der Waals surface area (Å²) in [6, 6.07) is 47.8. The highest BCUT2D eigenvalue weighted by molar-refractivity contribution is 6.12. The number of rotatable bonds is 15. The number of ketones is 3. The van der Waals surface area contributed by atoms with E-state index in [0.29, 0.717) is 74.7 Å². The number of carbonyl (C=O) groups excluding carboxylic acids is 3. The zero-order chi connectivity index (χ0) is 53.9. The highest BCUT2D eigenvalue weighted by Gasteiger charge is 2.72. The van der Waals surface area contributed by atoms with Gasteiger partial charge in [0.2, 0.25) is 5.41 Å². The van der Waals surface area contributed by atoms with Crippen molar-refractivity contribution in [3.63, 3.8) is 0 Å². The van der Waals surface area contributed by atoms with E-state index in [1.165, 1.54) is 78.9 Å². The number of ether oxygens (including phenoxy) is 3. The molecule has 76 heavy (non-hydrogen) atoms. The van der Waals surface area contributed by atoms with E-state index in [-0.39, 0.29) is 57.2 Å². The van der Waals surface area contributed by atoms with Crippen molar-refractivity contribution in [1.29, 1.82) is 0 Å². The van der Waals surface area contributed by atoms with Crippen LogP contribution in [0.2, 0.25) is 0 Å². The van der Waals surface area contributed by atoms with Crippen LogP contribution in [0, 0.1) is 13.8 Å². The lowest BCUT2D eigenvalue weighted by Crippen LogP contribution is -2.54. The van der Waals surface area contributed by atoms with Gasteiger partial charge in [0.15, 0.2) is 17.3 Å². The summed E-state index contributed by atoms with van der Waals surface area (Å²) in [5.41, 5.74) is -1.92. The molecule has 9 rings (SSSR count). The Bertz CT molecular complexity index is 3560. The molecule has 0 bridgehead atoms. The number of halogens is 6. The van der Waals surface area contributed by atoms with Gasteiger partial charge < -0.3 is 24.4 Å². The fourth-order valence-electron chi connectivity index (χ4n) is 8.60. The minimum Gasteiger partial charge on any atom is -0.508 e. The molecule has 0 saturated carbocycles. The normalized spacial score (nSPS) is 11.7. The second-order valence-corrected chi connectivity index (χ2v) is 17.8. The molecule has 0 aliphatic carbocycles. The maximum absolute atomic E-state index is 15.0. The zero-order valence-corrected chi connectivity index (χ0v) is 40.2. The third-order valence-corrected chi connectivity index (χ3v) is 12.7. The minimum absolute atomic E-state index is 0.0152. The van der Waals surface area contributed by atoms with Gasteiger partial charge in [-0.05, 0) is 163 Å². The summed E-state index contributed by atoms with van der Waals surface area (Å²) in [6.45, 7) is 3.65. The van der Waals surface area contributed by atoms with Gasteiger partial charge >= 0.3 is 12.4 Å². The maximum Gasteiger partial charge on any atom is 0.411 e. The van der Waals surface area contributed by atoms with E-state index >= 15 is 26.3 Å². The molecule has 0 amide bonds. The predicted octanol–water partition coefficient (Wildman–Crippen LogP) is 15.9. The number of alkyl halides is 6. The SMILES string of the molecule is Cc1ccc(C(=O)c2ccc(Oc3ccc(C(c4ccc(Oc5ccc(C(=O)c6ccc(-c7ccc(C)c(C(=O)c8cc(Oc9ccc(O)cc9)ccc8O)c7)cc6)cc5)cc4)(C(F)(F)F)C(F)(F)F)cc3)cc2)cc1. The highest BCUT2D eigenvalue weighted by Crippen LogP contribution is 2.56. The lowest BCUT2D eigenvalue weighted by atomic mass is 9.73. The van der Waals surface area contributed by atoms with Crippen LogP contribution in [0.5, 0.6) is 46.0 Å². The molecule has 0 atom stereocenters. The topological polar surface area (TPSA) is 119 Å². The Labute approximate surface area is 431 Å². The fraction of sp³-hybridized carbons (Fsp3) is 0.0806. The molecule has 0 heterocycles. The Morgan fingerprint density at radius 2 is 0.724 bits per heavy atom. The molecule has 0 unspecified atom stereocenters. The minimum atomic E-state index is -5.85. The number of hydrogen-bond acceptors (Lipinski definition) is 8. The van der Waals surface area contributed by atoms with Crippen molar-refractivity contribution in [2.45, 2.75) is 31.6 Å². The van der Waals surface area contributed by atoms with Gasteiger partial charge in [0.25, 0.3) is 0 Å². The van der Waals surface area contributed by atoms with Crippen LogP contribution in [0.1, 0.15) is 70.0 Å². The molecule has 9 aromatic rings. The fourth-order valence-corrected chi connectivity index (χ4v) is 8.60. The van der Waals surface area contributed by atoms with E-state index < -0.39 is 34.7 Å². The summed E-state index contributed by atoms with van der Waals surface area (Å²) in [7, 11) is 0. The first-order valence-corrected chi connectivity index (χ1v) is 23.4. The maximum atomic E-state index is 15.0. The van der Waals surface area contributed by atoms with E-state index in [0.717, 1.165) is 29.8 Å². The van der Waals surface area contributed by atoms with Crippen LogP contribution in [-0.4, -0.2) is 39.9 Å². The van der Waals surface area contributed by atoms with Crippen LogP contribution in [0.3, 0.4) is 0 Å². The van der Waals surface area contributed by atoms with Crippen molar-refractivity contribution in [2.24, 2.45) is 0 Å². The first-order valence-electron chi connectivity index (χ1n) is 23.4. The summed E-state index contributed by atoms with van der Waals surface area (Å²) < 4.78 is 108. The van der Waals surface area contributed by atoms with Crippen molar-refractivity contribution >= 4 is 17.3 Å². The van der Waals surface area contributed by atoms with Crippen molar-refractivity contribution in [3.05, 3.63) is 262 Å². The van der Waals surface area contributed by atoms with E-state index in [9.17, 15) is 24.6 Å². The Morgan fingerprint density at radius 1 is 0.368 bits per heavy atom. The van der Waals surface area contributed by atoms with Crippen molar-refractivity contribution in [1.82, 2.24) is 0 Å². The molecule has 0 aliphatic heterocycles. The third-order valence-electron chi connectivity index (χ3n) is 12.7. The first-order chi connectivity index (χ1) is 36.3. The van der Waals surface area contributed by atoms with Crippen molar-refractivity contribution in [2.75, 3.05) is 0 Å². The molecule has 2 N–H and O–H groups in total. The summed E-state index contributed by atoms with van der Waals surface area (Å²) in [4.78, 5) is 40.3. The second kappa shape index (κ2) is 20.8. The molecule has 0 radical (unpaired) electrons. The van der Waals surface area contributed by atoms with Gasteiger partial charge in [-0.2, -0.15) is 26.3 Å². The number of benzene rings is 9. The monoisotopic (exact) mass is 1030 g/mol. The van der Waals surface area contributed by atoms with Crippen LogP contribution < -0.4 is 14.2 Å². The van der Waals surface area contributed by atoms with E-state index in [1.54, 1.807) is 79.7 Å². The number of phenolic OH excluding ortho intramolecular Hbond substituents is 2. The average Bonchev–Trinajstić information content (AvgIpc) is 3.43. The van der Waals surface area contributed by atoms with Gasteiger partial charge in [0.05, 0.1) is 5.56 Å². The number of phenols is 2. The summed E-state index contributed by atoms with van der Waals surface area (Å²) in [5.74, 6) is -0.294. The van der Waals surface area contributed by atoms with E-state index in [4.69, 9.17) is 14.2 Å². The first kappa shape index (κ1) is 51.5. The second-order valence-electron chi connectivity index (χ2n) is 17.8. The number of aromatic hydroxyl groups is 2. The van der Waals surface area contributed by atoms with Crippen LogP contribution in [0.25, 0.3) is 11.1 Å². The van der Waals surface area contributed by atoms with Crippen LogP contribution in [0.4, 0.5) is 26.3 Å². The van der Waals surface area contributed by atoms with Crippen LogP contribution >= 0.6 is 0 Å². The molecular weight excluding hydrogens is 987 g/mol. The Balaban J connectivity index is 0.860. The van der Waals surface area contributed by atoms with Crippen LogP contribution in [0.15, 0.2) is 206 Å². The van der Waals surface area contributed by atoms with Crippen molar-refractivity contribution in [3.8, 4) is 57.1 Å². The summed E-state index contributed by atoms with van der Waals surface area (Å²) in [6.07, 6.45) is -11.7. The number of carbonyl (C=O) groups is 3. The van der Waals surface area contributed by atoms with Gasteiger partial charge in [-0.15, -0.1) is 0 Å². The molecule has 0 saturated heterocycles. The molecule has 0 spiro atoms. The van der Waals surface area contributed by atoms with Gasteiger partial charge in [-0.1, -0.05) is 90.5 Å². The highest BCUT2D eigenvalue weighted by atomic mass is 19.4. The van der Waals surface area contributed by atoms with Gasteiger partial charge in [0, 0.05) is 27.8 Å². The van der Waals surface area contributed by atoms with E-state index in [2.05, 4.69) is 0 Å². The van der Waals surface area contributed by atoms with Gasteiger partial charge in [-0.3, -0.25) is 14.4 Å². The Morgan fingerprint density at radius 3 is 1.16 bits per heavy atom. The molecule has 0 aromatic heterocycles. The predicted molar refractivity (Wildman–Crippen MR) is 273 cm³/mol. The molecular formula is C62H42F6O8. The average molecular weight is 1030 g/mol. The Kier molecular flexibility index (Phi) is 14.1. The molecule has 0 fully saturated rings. The lowest BCUT2D eigenvalue weighted by Gasteiger charge is -2.38. The summed E-state index contributed by atoms with van der Waals surface area (Å²) >= 11 is 0. The largest absolute Gasteiger partial charge is 0.508 e. The summed E-state index contributed by atoms with van der Waals surface area (Å²) in [5, 5.41) is 20.2. The van der Waals surface area contributed by atoms with Crippen molar-refractivity contribution < 1.29 is 65.1 Å². The Hall–Kier alpha value is -9.43. The third kappa shape index (κ3) is 10.6. The molecule has 14 heteroatoms. The number of hydrogen-bond donors (Lipinski definition) is 2.